The average molecular weight is 413 g/mol. The second kappa shape index (κ2) is 7.70. The fraction of sp³-hybridized carbons (Fsp3) is 0.368. The zero-order chi connectivity index (χ0) is 21.5. The van der Waals surface area contributed by atoms with E-state index in [1.165, 1.54) is 17.2 Å². The number of benzene rings is 1. The maximum absolute atomic E-state index is 13.6. The summed E-state index contributed by atoms with van der Waals surface area (Å²) in [4.78, 5) is 25.8. The van der Waals surface area contributed by atoms with Gasteiger partial charge in [-0.25, -0.2) is 15.0 Å². The number of ketones is 1. The number of nitrogens with two attached hydrogens (primary N) is 3. The highest BCUT2D eigenvalue weighted by Crippen LogP contribution is 2.38. The largest absolute Gasteiger partial charge is 0.394 e. The summed E-state index contributed by atoms with van der Waals surface area (Å²) in [6.45, 7) is -0.495. The Morgan fingerprint density at radius 3 is 2.67 bits per heavy atom. The summed E-state index contributed by atoms with van der Waals surface area (Å²) in [6.07, 6.45) is 0.184. The van der Waals surface area contributed by atoms with Crippen LogP contribution >= 0.6 is 0 Å². The van der Waals surface area contributed by atoms with Crippen molar-refractivity contribution in [1.82, 2.24) is 19.5 Å². The van der Waals surface area contributed by atoms with Crippen molar-refractivity contribution in [2.75, 3.05) is 12.3 Å². The number of nitrogen functional groups attached to an aromatic ring is 1. The molecule has 11 nitrogen and oxygen atoms in total. The third kappa shape index (κ3) is 3.04. The van der Waals surface area contributed by atoms with Crippen LogP contribution in [0.15, 0.2) is 43.0 Å². The summed E-state index contributed by atoms with van der Waals surface area (Å²) < 4.78 is 7.17. The van der Waals surface area contributed by atoms with E-state index < -0.39 is 42.4 Å². The van der Waals surface area contributed by atoms with Crippen LogP contribution in [0, 0.1) is 0 Å². The first-order chi connectivity index (χ1) is 14.4. The van der Waals surface area contributed by atoms with Gasteiger partial charge in [-0.1, -0.05) is 30.3 Å². The molecule has 11 heteroatoms. The van der Waals surface area contributed by atoms with E-state index in [0.717, 1.165) is 5.56 Å². The molecule has 30 heavy (non-hydrogen) atoms. The van der Waals surface area contributed by atoms with Crippen molar-refractivity contribution >= 4 is 22.8 Å². The molecule has 8 N–H and O–H groups in total. The molecule has 0 bridgehead atoms. The number of carbonyl (C=O) groups is 1. The number of rotatable bonds is 6. The predicted octanol–water partition coefficient (Wildman–Crippen LogP) is -1.72. The van der Waals surface area contributed by atoms with Crippen LogP contribution in [0.3, 0.4) is 0 Å². The molecule has 2 aromatic heterocycles. The lowest BCUT2D eigenvalue weighted by Crippen LogP contribution is -2.58. The van der Waals surface area contributed by atoms with Gasteiger partial charge in [-0.15, -0.1) is 0 Å². The molecule has 3 heterocycles. The van der Waals surface area contributed by atoms with Crippen LogP contribution in [0.25, 0.3) is 11.2 Å². The number of aliphatic hydroxyl groups is 2. The van der Waals surface area contributed by atoms with Gasteiger partial charge in [0.1, 0.15) is 30.4 Å². The number of hydrogen-bond donors (Lipinski definition) is 5. The van der Waals surface area contributed by atoms with Crippen LogP contribution in [0.1, 0.15) is 5.56 Å². The highest BCUT2D eigenvalue weighted by Gasteiger charge is 2.60. The molecule has 0 aliphatic carbocycles. The molecule has 0 radical (unpaired) electrons. The van der Waals surface area contributed by atoms with Gasteiger partial charge in [0.05, 0.1) is 18.7 Å². The monoisotopic (exact) mass is 413 g/mol. The number of nitrogens with zero attached hydrogens (tertiary/aromatic N) is 4. The second-order valence-electron chi connectivity index (χ2n) is 7.26. The van der Waals surface area contributed by atoms with E-state index in [0.29, 0.717) is 0 Å². The van der Waals surface area contributed by atoms with Crippen molar-refractivity contribution in [2.24, 2.45) is 11.5 Å². The Kier molecular flexibility index (Phi) is 5.22. The standard InChI is InChI=1S/C19H23N7O4/c20-11(6-10-4-2-1-3-5-10)15(28)19(16(29)13(21)12(7-27)30-19)26-9-25-14-17(22)23-8-24-18(14)26/h1-5,8-9,11-13,16,27,29H,6-7,20-21H2,(H2,22,23,24)/t11?,12-,13?,16-,19-/m1/s1. The van der Waals surface area contributed by atoms with Gasteiger partial charge >= 0.3 is 0 Å². The Labute approximate surface area is 171 Å². The van der Waals surface area contributed by atoms with Crippen molar-refractivity contribution < 1.29 is 19.7 Å². The third-order valence-electron chi connectivity index (χ3n) is 5.41. The van der Waals surface area contributed by atoms with Crippen LogP contribution in [-0.4, -0.2) is 66.4 Å². The van der Waals surface area contributed by atoms with Crippen LogP contribution in [0.5, 0.6) is 0 Å². The fourth-order valence-electron chi connectivity index (χ4n) is 3.85. The number of imidazole rings is 1. The molecular weight excluding hydrogens is 390 g/mol. The average Bonchev–Trinajstić information content (AvgIpc) is 3.30. The van der Waals surface area contributed by atoms with E-state index in [9.17, 15) is 15.0 Å². The summed E-state index contributed by atoms with van der Waals surface area (Å²) in [6, 6.07) is 7.13. The maximum atomic E-state index is 13.6. The SMILES string of the molecule is Nc1ncnc2c1ncn2[C@]1(C(=O)C(N)Cc2ccccc2)O[C@H](CO)C(N)[C@H]1O. The summed E-state index contributed by atoms with van der Waals surface area (Å²) in [5.74, 6) is -0.521. The Morgan fingerprint density at radius 2 is 2.00 bits per heavy atom. The molecule has 1 saturated heterocycles. The van der Waals surface area contributed by atoms with Gasteiger partial charge in [-0.2, -0.15) is 0 Å². The smallest absolute Gasteiger partial charge is 0.237 e. The van der Waals surface area contributed by atoms with Gasteiger partial charge in [0, 0.05) is 0 Å². The van der Waals surface area contributed by atoms with E-state index in [1.54, 1.807) is 0 Å². The Balaban J connectivity index is 1.82. The topological polar surface area (TPSA) is 188 Å². The molecular formula is C19H23N7O4. The van der Waals surface area contributed by atoms with Crippen LogP contribution in [-0.2, 0) is 21.7 Å². The van der Waals surface area contributed by atoms with Crippen molar-refractivity contribution in [2.45, 2.75) is 36.4 Å². The Morgan fingerprint density at radius 1 is 1.27 bits per heavy atom. The zero-order valence-corrected chi connectivity index (χ0v) is 16.0. The molecule has 2 unspecified atom stereocenters. The first-order valence-corrected chi connectivity index (χ1v) is 9.40. The number of fused-ring (bicyclic) bond motifs is 1. The van der Waals surface area contributed by atoms with Gasteiger partial charge in [-0.05, 0) is 12.0 Å². The second-order valence-corrected chi connectivity index (χ2v) is 7.26. The minimum atomic E-state index is -2.03. The van der Waals surface area contributed by atoms with Gasteiger partial charge in [0.15, 0.2) is 11.5 Å². The molecule has 0 saturated carbocycles. The Hall–Kier alpha value is -2.96. The summed E-state index contributed by atoms with van der Waals surface area (Å²) in [5.41, 5.74) is 17.4. The van der Waals surface area contributed by atoms with Crippen molar-refractivity contribution in [3.63, 3.8) is 0 Å². The minimum Gasteiger partial charge on any atom is -0.394 e. The number of hydrogen-bond acceptors (Lipinski definition) is 10. The predicted molar refractivity (Wildman–Crippen MR) is 107 cm³/mol. The maximum Gasteiger partial charge on any atom is 0.237 e. The van der Waals surface area contributed by atoms with Crippen LogP contribution < -0.4 is 17.2 Å². The van der Waals surface area contributed by atoms with Crippen molar-refractivity contribution in [3.8, 4) is 0 Å². The van der Waals surface area contributed by atoms with E-state index in [2.05, 4.69) is 15.0 Å². The molecule has 4 rings (SSSR count). The quantitative estimate of drug-likeness (QED) is 0.311. The van der Waals surface area contributed by atoms with Crippen molar-refractivity contribution in [3.05, 3.63) is 48.5 Å². The zero-order valence-electron chi connectivity index (χ0n) is 16.0. The minimum absolute atomic E-state index is 0.102. The fourth-order valence-corrected chi connectivity index (χ4v) is 3.85. The highest BCUT2D eigenvalue weighted by molar-refractivity contribution is 5.93. The Bertz CT molecular complexity index is 1060. The van der Waals surface area contributed by atoms with E-state index >= 15 is 0 Å². The molecule has 0 spiro atoms. The number of carbonyl (C=O) groups excluding carboxylic acids is 1. The van der Waals surface area contributed by atoms with E-state index in [4.69, 9.17) is 21.9 Å². The van der Waals surface area contributed by atoms with Gasteiger partial charge in [0.25, 0.3) is 0 Å². The number of Topliss-reactive ketones (excluding diaryl/α,β-unsaturated/α-hetero) is 1. The van der Waals surface area contributed by atoms with Gasteiger partial charge in [0.2, 0.25) is 11.5 Å². The van der Waals surface area contributed by atoms with Crippen molar-refractivity contribution in [1.29, 1.82) is 0 Å². The molecule has 5 atom stereocenters. The molecule has 1 aliphatic rings. The first-order valence-electron chi connectivity index (χ1n) is 9.40. The summed E-state index contributed by atoms with van der Waals surface area (Å²) >= 11 is 0. The van der Waals surface area contributed by atoms with Crippen LogP contribution in [0.2, 0.25) is 0 Å². The molecule has 1 aromatic carbocycles. The summed E-state index contributed by atoms with van der Waals surface area (Å²) in [5, 5.41) is 20.7. The highest BCUT2D eigenvalue weighted by atomic mass is 16.6. The normalized spacial score (nSPS) is 27.4. The number of anilines is 1. The number of aromatic nitrogens is 4. The van der Waals surface area contributed by atoms with E-state index in [1.807, 2.05) is 30.3 Å². The van der Waals surface area contributed by atoms with Crippen LogP contribution in [0.4, 0.5) is 5.82 Å². The number of ether oxygens (including phenoxy) is 1. The lowest BCUT2D eigenvalue weighted by Gasteiger charge is -2.34. The number of aliphatic hydroxyl groups excluding tert-OH is 2. The molecule has 1 fully saturated rings. The lowest BCUT2D eigenvalue weighted by molar-refractivity contribution is -0.175. The molecule has 158 valence electrons. The molecule has 3 aromatic rings. The van der Waals surface area contributed by atoms with E-state index in [-0.39, 0.29) is 23.4 Å². The lowest BCUT2D eigenvalue weighted by atomic mass is 9.90. The molecule has 1 aliphatic heterocycles. The third-order valence-corrected chi connectivity index (χ3v) is 5.41. The van der Waals surface area contributed by atoms with Gasteiger partial charge in [-0.3, -0.25) is 9.36 Å². The molecule has 0 amide bonds. The first kappa shape index (κ1) is 20.3. The van der Waals surface area contributed by atoms with Gasteiger partial charge < -0.3 is 32.2 Å². The summed E-state index contributed by atoms with van der Waals surface area (Å²) in [7, 11) is 0.